The van der Waals surface area contributed by atoms with Crippen LogP contribution in [-0.4, -0.2) is 66.4 Å². The van der Waals surface area contributed by atoms with Gasteiger partial charge in [-0.25, -0.2) is 0 Å². The Morgan fingerprint density at radius 3 is 2.60 bits per heavy atom. The molecule has 0 bridgehead atoms. The Morgan fingerprint density at radius 2 is 1.80 bits per heavy atom. The molecule has 2 aliphatic heterocycles. The zero-order chi connectivity index (χ0) is 17.0. The van der Waals surface area contributed by atoms with E-state index in [2.05, 4.69) is 26.9 Å². The third-order valence-electron chi connectivity index (χ3n) is 4.87. The van der Waals surface area contributed by atoms with Crippen LogP contribution in [0.2, 0.25) is 0 Å². The fourth-order valence-corrected chi connectivity index (χ4v) is 3.73. The fraction of sp³-hybridized carbons (Fsp3) is 0.526. The summed E-state index contributed by atoms with van der Waals surface area (Å²) in [4.78, 5) is 8.94. The van der Waals surface area contributed by atoms with E-state index in [0.29, 0.717) is 6.61 Å². The summed E-state index contributed by atoms with van der Waals surface area (Å²) in [7, 11) is 0. The molecule has 0 amide bonds. The summed E-state index contributed by atoms with van der Waals surface area (Å²) in [5, 5.41) is 0. The molecule has 25 heavy (non-hydrogen) atoms. The van der Waals surface area contributed by atoms with Crippen molar-refractivity contribution in [3.05, 3.63) is 54.2 Å². The molecule has 0 radical (unpaired) electrons. The van der Waals surface area contributed by atoms with Crippen LogP contribution in [0.25, 0.3) is 0 Å². The van der Waals surface area contributed by atoms with E-state index in [1.165, 1.54) is 5.56 Å². The first kappa shape index (κ1) is 16.7. The van der Waals surface area contributed by atoms with Crippen molar-refractivity contribution >= 4 is 0 Å². The minimum absolute atomic E-state index is 0.269. The SMILES string of the molecule is c1coc(CN2CCO[C@@]3(COCCN(Cc4ccncc4)C3)C2)c1. The molecule has 0 unspecified atom stereocenters. The number of furan rings is 1. The summed E-state index contributed by atoms with van der Waals surface area (Å²) in [5.41, 5.74) is 1.00. The van der Waals surface area contributed by atoms with E-state index in [1.54, 1.807) is 6.26 Å². The summed E-state index contributed by atoms with van der Waals surface area (Å²) in [6.07, 6.45) is 5.43. The molecule has 2 aliphatic rings. The zero-order valence-electron chi connectivity index (χ0n) is 14.5. The Labute approximate surface area is 148 Å². The van der Waals surface area contributed by atoms with Crippen molar-refractivity contribution in [2.75, 3.05) is 46.0 Å². The zero-order valence-corrected chi connectivity index (χ0v) is 14.5. The number of nitrogens with zero attached hydrogens (tertiary/aromatic N) is 3. The second-order valence-corrected chi connectivity index (χ2v) is 6.94. The Morgan fingerprint density at radius 1 is 1.00 bits per heavy atom. The quantitative estimate of drug-likeness (QED) is 0.843. The van der Waals surface area contributed by atoms with Crippen LogP contribution in [0.4, 0.5) is 0 Å². The number of hydrogen-bond acceptors (Lipinski definition) is 6. The van der Waals surface area contributed by atoms with Crippen LogP contribution < -0.4 is 0 Å². The van der Waals surface area contributed by atoms with Gasteiger partial charge in [0.2, 0.25) is 0 Å². The van der Waals surface area contributed by atoms with Gasteiger partial charge in [0, 0.05) is 45.1 Å². The maximum atomic E-state index is 6.25. The van der Waals surface area contributed by atoms with Gasteiger partial charge in [0.15, 0.2) is 0 Å². The number of rotatable bonds is 4. The molecule has 0 N–H and O–H groups in total. The highest BCUT2D eigenvalue weighted by Gasteiger charge is 2.40. The summed E-state index contributed by atoms with van der Waals surface area (Å²) < 4.78 is 17.7. The first-order valence-corrected chi connectivity index (χ1v) is 8.89. The van der Waals surface area contributed by atoms with Crippen LogP contribution >= 0.6 is 0 Å². The van der Waals surface area contributed by atoms with Gasteiger partial charge >= 0.3 is 0 Å². The van der Waals surface area contributed by atoms with Crippen molar-refractivity contribution in [1.29, 1.82) is 0 Å². The molecule has 2 aromatic rings. The highest BCUT2D eigenvalue weighted by molar-refractivity contribution is 5.10. The van der Waals surface area contributed by atoms with E-state index in [1.807, 2.05) is 24.5 Å². The molecule has 0 aliphatic carbocycles. The van der Waals surface area contributed by atoms with Gasteiger partial charge in [-0.2, -0.15) is 0 Å². The lowest BCUT2D eigenvalue weighted by Crippen LogP contribution is -2.58. The standard InChI is InChI=1S/C19H25N3O3/c1-2-18(24-9-1)13-22-8-11-25-19(15-22)14-21(7-10-23-16-19)12-17-3-5-20-6-4-17/h1-6,9H,7-8,10-16H2/t19-/m1/s1. The Bertz CT molecular complexity index is 649. The fourth-order valence-electron chi connectivity index (χ4n) is 3.73. The van der Waals surface area contributed by atoms with Crippen molar-refractivity contribution in [1.82, 2.24) is 14.8 Å². The summed E-state index contributed by atoms with van der Waals surface area (Å²) >= 11 is 0. The molecule has 0 saturated carbocycles. The van der Waals surface area contributed by atoms with Crippen LogP contribution in [-0.2, 0) is 22.6 Å². The second kappa shape index (κ2) is 7.66. The van der Waals surface area contributed by atoms with Gasteiger partial charge in [0.05, 0.1) is 32.6 Å². The largest absolute Gasteiger partial charge is 0.468 e. The topological polar surface area (TPSA) is 51.0 Å². The van der Waals surface area contributed by atoms with Gasteiger partial charge in [0.25, 0.3) is 0 Å². The highest BCUT2D eigenvalue weighted by Crippen LogP contribution is 2.24. The van der Waals surface area contributed by atoms with Crippen molar-refractivity contribution in [2.24, 2.45) is 0 Å². The summed E-state index contributed by atoms with van der Waals surface area (Å²) in [6.45, 7) is 7.43. The molecular formula is C19H25N3O3. The van der Waals surface area contributed by atoms with Gasteiger partial charge in [0.1, 0.15) is 11.4 Å². The lowest BCUT2D eigenvalue weighted by Gasteiger charge is -2.43. The van der Waals surface area contributed by atoms with Crippen molar-refractivity contribution < 1.29 is 13.9 Å². The molecule has 2 aromatic heterocycles. The average molecular weight is 343 g/mol. The van der Waals surface area contributed by atoms with E-state index in [-0.39, 0.29) is 5.60 Å². The number of pyridine rings is 1. The minimum atomic E-state index is -0.269. The van der Waals surface area contributed by atoms with E-state index in [4.69, 9.17) is 13.9 Å². The first-order chi connectivity index (χ1) is 12.3. The molecule has 1 atom stereocenters. The number of aromatic nitrogens is 1. The highest BCUT2D eigenvalue weighted by atomic mass is 16.5. The average Bonchev–Trinajstić information content (AvgIpc) is 3.05. The van der Waals surface area contributed by atoms with Crippen LogP contribution in [0.5, 0.6) is 0 Å². The van der Waals surface area contributed by atoms with Gasteiger partial charge in [-0.05, 0) is 29.8 Å². The first-order valence-electron chi connectivity index (χ1n) is 8.89. The van der Waals surface area contributed by atoms with Crippen molar-refractivity contribution in [3.8, 4) is 0 Å². The van der Waals surface area contributed by atoms with Gasteiger partial charge in [-0.1, -0.05) is 0 Å². The maximum absolute atomic E-state index is 6.25. The van der Waals surface area contributed by atoms with Crippen molar-refractivity contribution in [2.45, 2.75) is 18.7 Å². The maximum Gasteiger partial charge on any atom is 0.117 e. The summed E-state index contributed by atoms with van der Waals surface area (Å²) in [5.74, 6) is 1.00. The number of ether oxygens (including phenoxy) is 2. The predicted molar refractivity (Wildman–Crippen MR) is 93.0 cm³/mol. The van der Waals surface area contributed by atoms with Crippen LogP contribution in [0.1, 0.15) is 11.3 Å². The van der Waals surface area contributed by atoms with Crippen molar-refractivity contribution in [3.63, 3.8) is 0 Å². The smallest absolute Gasteiger partial charge is 0.117 e. The lowest BCUT2D eigenvalue weighted by atomic mass is 10.0. The molecule has 134 valence electrons. The number of morpholine rings is 1. The van der Waals surface area contributed by atoms with Crippen LogP contribution in [0.3, 0.4) is 0 Å². The molecule has 4 rings (SSSR count). The molecular weight excluding hydrogens is 318 g/mol. The van der Waals surface area contributed by atoms with Gasteiger partial charge < -0.3 is 13.9 Å². The van der Waals surface area contributed by atoms with E-state index >= 15 is 0 Å². The number of hydrogen-bond donors (Lipinski definition) is 0. The van der Waals surface area contributed by atoms with Gasteiger partial charge in [-0.15, -0.1) is 0 Å². The molecule has 6 heteroatoms. The van der Waals surface area contributed by atoms with E-state index in [9.17, 15) is 0 Å². The Kier molecular flexibility index (Phi) is 5.12. The molecule has 2 saturated heterocycles. The second-order valence-electron chi connectivity index (χ2n) is 6.94. The molecule has 4 heterocycles. The molecule has 1 spiro atoms. The van der Waals surface area contributed by atoms with E-state index < -0.39 is 0 Å². The van der Waals surface area contributed by atoms with Crippen LogP contribution in [0, 0.1) is 0 Å². The third kappa shape index (κ3) is 4.27. The molecule has 2 fully saturated rings. The molecule has 0 aromatic carbocycles. The Hall–Kier alpha value is -1.73. The van der Waals surface area contributed by atoms with Gasteiger partial charge in [-0.3, -0.25) is 14.8 Å². The lowest BCUT2D eigenvalue weighted by molar-refractivity contribution is -0.144. The monoisotopic (exact) mass is 343 g/mol. The third-order valence-corrected chi connectivity index (χ3v) is 4.87. The minimum Gasteiger partial charge on any atom is -0.468 e. The van der Waals surface area contributed by atoms with Crippen LogP contribution in [0.15, 0.2) is 47.3 Å². The Balaban J connectivity index is 1.43. The normalized spacial score (nSPS) is 25.9. The summed E-state index contributed by atoms with van der Waals surface area (Å²) in [6, 6.07) is 8.12. The van der Waals surface area contributed by atoms with E-state index in [0.717, 1.165) is 58.2 Å². The predicted octanol–water partition coefficient (Wildman–Crippen LogP) is 1.78. The molecule has 6 nitrogen and oxygen atoms in total.